The van der Waals surface area contributed by atoms with Crippen molar-refractivity contribution < 1.29 is 41.0 Å². The Bertz CT molecular complexity index is 1070. The van der Waals surface area contributed by atoms with Crippen molar-refractivity contribution in [3.63, 3.8) is 0 Å². The molecule has 12 heteroatoms. The third kappa shape index (κ3) is 7.12. The molecule has 2 heterocycles. The summed E-state index contributed by atoms with van der Waals surface area (Å²) in [6, 6.07) is 1.87. The largest absolute Gasteiger partial charge is 0.416 e. The van der Waals surface area contributed by atoms with E-state index in [-0.39, 0.29) is 47.1 Å². The normalized spacial score (nSPS) is 26.7. The first kappa shape index (κ1) is 28.9. The maximum atomic E-state index is 13.5. The summed E-state index contributed by atoms with van der Waals surface area (Å²) in [5, 5.41) is 12.4. The number of carbonyl (C=O) groups is 1. The van der Waals surface area contributed by atoms with Crippen LogP contribution in [-0.4, -0.2) is 42.5 Å². The maximum Gasteiger partial charge on any atom is 0.416 e. The number of ether oxygens (including phenoxy) is 1. The molecular formula is C26H30F6N2O3S. The number of alkyl halides is 6. The van der Waals surface area contributed by atoms with E-state index in [1.54, 1.807) is 0 Å². The van der Waals surface area contributed by atoms with E-state index >= 15 is 0 Å². The second-order valence-electron chi connectivity index (χ2n) is 10.3. The highest BCUT2D eigenvalue weighted by Crippen LogP contribution is 2.41. The predicted molar refractivity (Wildman–Crippen MR) is 132 cm³/mol. The molecule has 3 aliphatic rings. The summed E-state index contributed by atoms with van der Waals surface area (Å²) in [7, 11) is 0. The highest BCUT2D eigenvalue weighted by atomic mass is 32.2. The lowest BCUT2D eigenvalue weighted by molar-refractivity contribution is -0.143. The van der Waals surface area contributed by atoms with Gasteiger partial charge in [0.2, 0.25) is 0 Å². The number of halogens is 6. The molecule has 2 aliphatic heterocycles. The molecule has 2 saturated heterocycles. The quantitative estimate of drug-likeness (QED) is 0.382. The SMILES string of the molecule is O=C1NC(=NCC2(CO)CCOCC2)/C(=C/C2CCC(Cc3ccc(C(F)(F)F)cc3C(F)(F)F)CC2)S1. The number of aliphatic hydroxyl groups is 1. The molecule has 0 spiro atoms. The zero-order valence-corrected chi connectivity index (χ0v) is 21.4. The van der Waals surface area contributed by atoms with Crippen LogP contribution in [0.5, 0.6) is 0 Å². The van der Waals surface area contributed by atoms with Crippen LogP contribution in [0.2, 0.25) is 0 Å². The number of aliphatic imine (C=N–C) groups is 1. The van der Waals surface area contributed by atoms with Crippen LogP contribution in [0.15, 0.2) is 34.2 Å². The van der Waals surface area contributed by atoms with E-state index < -0.39 is 23.5 Å². The average Bonchev–Trinajstić information content (AvgIpc) is 3.22. The highest BCUT2D eigenvalue weighted by Gasteiger charge is 2.39. The molecular weight excluding hydrogens is 534 g/mol. The Hall–Kier alpha value is -2.05. The van der Waals surface area contributed by atoms with Crippen LogP contribution in [0.4, 0.5) is 31.1 Å². The Labute approximate surface area is 221 Å². The van der Waals surface area contributed by atoms with Crippen molar-refractivity contribution in [2.45, 2.75) is 57.3 Å². The summed E-state index contributed by atoms with van der Waals surface area (Å²) in [6.07, 6.45) is -3.68. The number of amides is 1. The van der Waals surface area contributed by atoms with Crippen molar-refractivity contribution in [2.75, 3.05) is 26.4 Å². The van der Waals surface area contributed by atoms with Gasteiger partial charge in [0.25, 0.3) is 5.24 Å². The number of amidine groups is 1. The molecule has 38 heavy (non-hydrogen) atoms. The minimum Gasteiger partial charge on any atom is -0.396 e. The van der Waals surface area contributed by atoms with E-state index in [2.05, 4.69) is 10.3 Å². The van der Waals surface area contributed by atoms with Crippen molar-refractivity contribution in [1.29, 1.82) is 0 Å². The molecule has 1 aromatic carbocycles. The Balaban J connectivity index is 1.40. The van der Waals surface area contributed by atoms with Gasteiger partial charge < -0.3 is 15.2 Å². The van der Waals surface area contributed by atoms with Gasteiger partial charge in [-0.15, -0.1) is 0 Å². The van der Waals surface area contributed by atoms with Crippen LogP contribution in [-0.2, 0) is 23.5 Å². The molecule has 1 amide bonds. The zero-order chi connectivity index (χ0) is 27.6. The van der Waals surface area contributed by atoms with Gasteiger partial charge >= 0.3 is 12.4 Å². The summed E-state index contributed by atoms with van der Waals surface area (Å²) in [4.78, 5) is 17.4. The number of aliphatic hydroxyl groups excluding tert-OH is 1. The standard InChI is InChI=1S/C26H30F6N2O3S/c27-25(28,29)19-6-5-18(20(13-19)26(30,31)32)11-16-1-3-17(4-2-16)12-21-22(34-23(36)38-21)33-14-24(15-35)7-9-37-10-8-24/h5-6,12-13,16-17,35H,1-4,7-11,14-15H2,(H,33,34,36)/b21-12-. The fraction of sp³-hybridized carbons (Fsp3) is 0.615. The fourth-order valence-corrected chi connectivity index (χ4v) is 6.08. The van der Waals surface area contributed by atoms with E-state index in [1.807, 2.05) is 6.08 Å². The van der Waals surface area contributed by atoms with Crippen molar-refractivity contribution in [3.8, 4) is 0 Å². The molecule has 1 saturated carbocycles. The second kappa shape index (κ2) is 11.6. The number of rotatable bonds is 6. The van der Waals surface area contributed by atoms with Crippen LogP contribution < -0.4 is 5.32 Å². The molecule has 0 bridgehead atoms. The number of nitrogens with zero attached hydrogens (tertiary/aromatic N) is 1. The fourth-order valence-electron chi connectivity index (χ4n) is 5.26. The number of allylic oxidation sites excluding steroid dienone is 1. The Kier molecular flexibility index (Phi) is 8.83. The summed E-state index contributed by atoms with van der Waals surface area (Å²) >= 11 is 1.05. The first-order valence-corrected chi connectivity index (χ1v) is 13.4. The Morgan fingerprint density at radius 3 is 2.37 bits per heavy atom. The second-order valence-corrected chi connectivity index (χ2v) is 11.3. The third-order valence-electron chi connectivity index (χ3n) is 7.65. The molecule has 1 aromatic rings. The van der Waals surface area contributed by atoms with Crippen molar-refractivity contribution in [1.82, 2.24) is 5.32 Å². The Morgan fingerprint density at radius 1 is 1.08 bits per heavy atom. The smallest absolute Gasteiger partial charge is 0.396 e. The van der Waals surface area contributed by atoms with E-state index in [0.717, 1.165) is 17.8 Å². The first-order valence-electron chi connectivity index (χ1n) is 12.6. The van der Waals surface area contributed by atoms with Gasteiger partial charge in [0.05, 0.1) is 22.6 Å². The summed E-state index contributed by atoms with van der Waals surface area (Å²) < 4.78 is 84.8. The van der Waals surface area contributed by atoms with Crippen molar-refractivity contribution in [2.24, 2.45) is 22.2 Å². The lowest BCUT2D eigenvalue weighted by Crippen LogP contribution is -2.36. The number of carbonyl (C=O) groups excluding carboxylic acids is 1. The van der Waals surface area contributed by atoms with Crippen molar-refractivity contribution in [3.05, 3.63) is 45.9 Å². The number of hydrogen-bond donors (Lipinski definition) is 2. The van der Waals surface area contributed by atoms with Gasteiger partial charge in [0, 0.05) is 25.2 Å². The van der Waals surface area contributed by atoms with E-state index in [1.165, 1.54) is 0 Å². The van der Waals surface area contributed by atoms with E-state index in [4.69, 9.17) is 4.74 Å². The molecule has 1 aliphatic carbocycles. The predicted octanol–water partition coefficient (Wildman–Crippen LogP) is 6.60. The van der Waals surface area contributed by atoms with E-state index in [0.29, 0.717) is 75.1 Å². The molecule has 0 aromatic heterocycles. The minimum absolute atomic E-state index is 0.0216. The van der Waals surface area contributed by atoms with Gasteiger partial charge in [-0.3, -0.25) is 9.79 Å². The molecule has 4 rings (SSSR count). The van der Waals surface area contributed by atoms with Gasteiger partial charge in [-0.05, 0) is 86.2 Å². The third-order valence-corrected chi connectivity index (χ3v) is 8.48. The molecule has 0 radical (unpaired) electrons. The lowest BCUT2D eigenvalue weighted by Gasteiger charge is -2.34. The van der Waals surface area contributed by atoms with Gasteiger partial charge in [-0.1, -0.05) is 12.1 Å². The molecule has 5 nitrogen and oxygen atoms in total. The monoisotopic (exact) mass is 564 g/mol. The molecule has 2 N–H and O–H groups in total. The topological polar surface area (TPSA) is 70.9 Å². The number of benzene rings is 1. The molecule has 3 fully saturated rings. The van der Waals surface area contributed by atoms with Crippen LogP contribution >= 0.6 is 11.8 Å². The maximum absolute atomic E-state index is 13.5. The molecule has 210 valence electrons. The first-order chi connectivity index (χ1) is 17.9. The minimum atomic E-state index is -4.87. The summed E-state index contributed by atoms with van der Waals surface area (Å²) in [6.45, 7) is 1.44. The van der Waals surface area contributed by atoms with E-state index in [9.17, 15) is 36.2 Å². The summed E-state index contributed by atoms with van der Waals surface area (Å²) in [5.74, 6) is 0.502. The lowest BCUT2D eigenvalue weighted by atomic mass is 9.78. The van der Waals surface area contributed by atoms with Gasteiger partial charge in [-0.25, -0.2) is 0 Å². The number of hydrogen-bond acceptors (Lipinski definition) is 5. The summed E-state index contributed by atoms with van der Waals surface area (Å²) in [5.41, 5.74) is -3.02. The van der Waals surface area contributed by atoms with Crippen molar-refractivity contribution >= 4 is 22.8 Å². The van der Waals surface area contributed by atoms with Gasteiger partial charge in [0.15, 0.2) is 0 Å². The highest BCUT2D eigenvalue weighted by molar-refractivity contribution is 8.18. The average molecular weight is 565 g/mol. The molecule has 0 atom stereocenters. The zero-order valence-electron chi connectivity index (χ0n) is 20.6. The van der Waals surface area contributed by atoms with Gasteiger partial charge in [0.1, 0.15) is 5.84 Å². The van der Waals surface area contributed by atoms with Crippen LogP contribution in [0.25, 0.3) is 0 Å². The van der Waals surface area contributed by atoms with Crippen LogP contribution in [0.1, 0.15) is 55.2 Å². The molecule has 0 unspecified atom stereocenters. The van der Waals surface area contributed by atoms with Gasteiger partial charge in [-0.2, -0.15) is 26.3 Å². The van der Waals surface area contributed by atoms with Crippen LogP contribution in [0, 0.1) is 17.3 Å². The van der Waals surface area contributed by atoms with Crippen LogP contribution in [0.3, 0.4) is 0 Å². The number of thioether (sulfide) groups is 1. The Morgan fingerprint density at radius 2 is 1.76 bits per heavy atom. The number of nitrogens with one attached hydrogen (secondary N) is 1.